The molecule has 2 heterocycles. The monoisotopic (exact) mass is 348 g/mol. The molecule has 2 aliphatic heterocycles. The molecular weight excluding hydrogens is 324 g/mol. The molecule has 10 nitrogen and oxygen atoms in total. The molecule has 24 heavy (non-hydrogen) atoms. The maximum atomic E-state index is 11.6. The van der Waals surface area contributed by atoms with Crippen molar-refractivity contribution in [1.29, 1.82) is 0 Å². The van der Waals surface area contributed by atoms with Crippen LogP contribution in [0.2, 0.25) is 0 Å². The van der Waals surface area contributed by atoms with Gasteiger partial charge in [-0.15, -0.1) is 0 Å². The quantitative estimate of drug-likeness (QED) is 0.352. The summed E-state index contributed by atoms with van der Waals surface area (Å²) in [7, 11) is 0. The van der Waals surface area contributed by atoms with Crippen LogP contribution in [-0.4, -0.2) is 72.9 Å². The van der Waals surface area contributed by atoms with Gasteiger partial charge in [-0.05, 0) is 25.7 Å². The lowest BCUT2D eigenvalue weighted by Gasteiger charge is -2.17. The Labute approximate surface area is 139 Å². The summed E-state index contributed by atoms with van der Waals surface area (Å²) in [5, 5.41) is 19.2. The molecular formula is C14H24N2O8. The third-order valence-electron chi connectivity index (χ3n) is 3.80. The second-order valence-electron chi connectivity index (χ2n) is 5.70. The molecule has 0 saturated carbocycles. The third-order valence-corrected chi connectivity index (χ3v) is 3.80. The van der Waals surface area contributed by atoms with Gasteiger partial charge < -0.3 is 29.4 Å². The number of aliphatic hydroxyl groups is 2. The molecule has 10 heteroatoms. The first-order valence-electron chi connectivity index (χ1n) is 8.04. The topological polar surface area (TPSA) is 136 Å². The summed E-state index contributed by atoms with van der Waals surface area (Å²) in [5.41, 5.74) is 4.70. The summed E-state index contributed by atoms with van der Waals surface area (Å²) >= 11 is 0. The maximum Gasteiger partial charge on any atom is 0.357 e. The van der Waals surface area contributed by atoms with E-state index in [4.69, 9.17) is 9.47 Å². The van der Waals surface area contributed by atoms with Crippen molar-refractivity contribution in [2.45, 2.75) is 50.1 Å². The number of carbonyl (C=O) groups excluding carboxylic acids is 2. The first kappa shape index (κ1) is 19.0. The fourth-order valence-electron chi connectivity index (χ4n) is 2.40. The minimum atomic E-state index is -2.06. The molecule has 2 fully saturated rings. The predicted molar refractivity (Wildman–Crippen MR) is 78.2 cm³/mol. The van der Waals surface area contributed by atoms with E-state index in [1.54, 1.807) is 0 Å². The Balaban J connectivity index is 1.60. The molecule has 2 rings (SSSR count). The smallest absolute Gasteiger partial charge is 0.357 e. The summed E-state index contributed by atoms with van der Waals surface area (Å²) < 4.78 is 10.6. The van der Waals surface area contributed by atoms with Crippen molar-refractivity contribution in [3.63, 3.8) is 0 Å². The number of hydrogen-bond donors (Lipinski definition) is 4. The van der Waals surface area contributed by atoms with E-state index in [0.717, 1.165) is 25.7 Å². The lowest BCUT2D eigenvalue weighted by Crippen LogP contribution is -2.45. The highest BCUT2D eigenvalue weighted by atomic mass is 16.7. The van der Waals surface area contributed by atoms with Crippen LogP contribution in [0.1, 0.15) is 25.7 Å². The number of hydroxylamine groups is 2. The molecule has 0 aliphatic carbocycles. The van der Waals surface area contributed by atoms with Gasteiger partial charge in [0.25, 0.3) is 0 Å². The standard InChI is InChI=1S/C14H24N2O8/c17-11(13(19)23-15-7-9-3-1-5-21-9)12(18)14(20)24-16-8-10-4-2-6-22-10/h9-12,15-18H,1-8H2/t9-,10-,11?,12?/m0/s1. The van der Waals surface area contributed by atoms with Crippen LogP contribution in [0, 0.1) is 0 Å². The first-order chi connectivity index (χ1) is 11.6. The molecule has 0 radical (unpaired) electrons. The van der Waals surface area contributed by atoms with Gasteiger partial charge in [-0.25, -0.2) is 9.59 Å². The Hall–Kier alpha value is -1.30. The molecule has 0 aromatic rings. The normalized spacial score (nSPS) is 26.1. The third kappa shape index (κ3) is 5.96. The average Bonchev–Trinajstić information content (AvgIpc) is 3.26. The molecule has 0 aromatic carbocycles. The molecule has 2 unspecified atom stereocenters. The Bertz CT molecular complexity index is 372. The minimum Gasteiger partial charge on any atom is -0.379 e. The minimum absolute atomic E-state index is 0.0631. The molecule has 0 amide bonds. The van der Waals surface area contributed by atoms with Gasteiger partial charge in [0.2, 0.25) is 0 Å². The highest BCUT2D eigenvalue weighted by Gasteiger charge is 2.34. The van der Waals surface area contributed by atoms with Gasteiger partial charge in [-0.2, -0.15) is 11.0 Å². The number of ether oxygens (including phenoxy) is 2. The average molecular weight is 348 g/mol. The van der Waals surface area contributed by atoms with Gasteiger partial charge in [-0.1, -0.05) is 0 Å². The van der Waals surface area contributed by atoms with Gasteiger partial charge >= 0.3 is 11.9 Å². The molecule has 4 atom stereocenters. The van der Waals surface area contributed by atoms with Crippen LogP contribution in [0.15, 0.2) is 0 Å². The van der Waals surface area contributed by atoms with Crippen molar-refractivity contribution < 1.29 is 39.0 Å². The van der Waals surface area contributed by atoms with Gasteiger partial charge in [0.15, 0.2) is 12.2 Å². The second-order valence-corrected chi connectivity index (χ2v) is 5.70. The largest absolute Gasteiger partial charge is 0.379 e. The Morgan fingerprint density at radius 3 is 1.67 bits per heavy atom. The van der Waals surface area contributed by atoms with Gasteiger partial charge in [0, 0.05) is 13.2 Å². The van der Waals surface area contributed by atoms with Crippen LogP contribution in [0.5, 0.6) is 0 Å². The van der Waals surface area contributed by atoms with E-state index in [9.17, 15) is 19.8 Å². The molecule has 4 N–H and O–H groups in total. The van der Waals surface area contributed by atoms with E-state index in [0.29, 0.717) is 13.2 Å². The number of nitrogens with one attached hydrogen (secondary N) is 2. The van der Waals surface area contributed by atoms with Gasteiger partial charge in [0.05, 0.1) is 25.3 Å². The second kappa shape index (κ2) is 9.87. The molecule has 138 valence electrons. The fourth-order valence-corrected chi connectivity index (χ4v) is 2.40. The maximum absolute atomic E-state index is 11.6. The van der Waals surface area contributed by atoms with Crippen molar-refractivity contribution >= 4 is 11.9 Å². The number of hydrogen-bond acceptors (Lipinski definition) is 10. The lowest BCUT2D eigenvalue weighted by atomic mass is 10.2. The molecule has 0 aromatic heterocycles. The number of carbonyl (C=O) groups is 2. The van der Waals surface area contributed by atoms with Crippen molar-refractivity contribution in [3.05, 3.63) is 0 Å². The van der Waals surface area contributed by atoms with Crippen molar-refractivity contribution in [2.24, 2.45) is 0 Å². The Kier molecular flexibility index (Phi) is 7.82. The van der Waals surface area contributed by atoms with E-state index in [1.165, 1.54) is 0 Å². The van der Waals surface area contributed by atoms with Crippen LogP contribution in [-0.2, 0) is 28.7 Å². The van der Waals surface area contributed by atoms with E-state index >= 15 is 0 Å². The van der Waals surface area contributed by atoms with E-state index in [2.05, 4.69) is 20.6 Å². The number of aliphatic hydroxyl groups excluding tert-OH is 2. The first-order valence-corrected chi connectivity index (χ1v) is 8.04. The van der Waals surface area contributed by atoms with Crippen LogP contribution >= 0.6 is 0 Å². The molecule has 2 aliphatic rings. The summed E-state index contributed by atoms with van der Waals surface area (Å²) in [5.74, 6) is -2.37. The highest BCUT2D eigenvalue weighted by Crippen LogP contribution is 2.11. The van der Waals surface area contributed by atoms with E-state index < -0.39 is 24.1 Å². The Morgan fingerprint density at radius 1 is 0.917 bits per heavy atom. The zero-order valence-corrected chi connectivity index (χ0v) is 13.3. The van der Waals surface area contributed by atoms with Gasteiger partial charge in [-0.3, -0.25) is 0 Å². The van der Waals surface area contributed by atoms with Crippen molar-refractivity contribution in [3.8, 4) is 0 Å². The Morgan fingerprint density at radius 2 is 1.33 bits per heavy atom. The van der Waals surface area contributed by atoms with E-state index in [1.807, 2.05) is 0 Å². The van der Waals surface area contributed by atoms with Crippen LogP contribution in [0.25, 0.3) is 0 Å². The predicted octanol–water partition coefficient (Wildman–Crippen LogP) is -1.84. The van der Waals surface area contributed by atoms with Crippen LogP contribution in [0.4, 0.5) is 0 Å². The van der Waals surface area contributed by atoms with Crippen molar-refractivity contribution in [2.75, 3.05) is 26.3 Å². The lowest BCUT2D eigenvalue weighted by molar-refractivity contribution is -0.182. The van der Waals surface area contributed by atoms with Crippen LogP contribution in [0.3, 0.4) is 0 Å². The zero-order chi connectivity index (χ0) is 17.4. The summed E-state index contributed by atoms with van der Waals surface area (Å²) in [6.07, 6.45) is -0.674. The SMILES string of the molecule is O=C(ONC[C@@H]1CCCO1)C(O)C(O)C(=O)ONC[C@@H]1CCCO1. The summed E-state index contributed by atoms with van der Waals surface area (Å²) in [4.78, 5) is 32.3. The highest BCUT2D eigenvalue weighted by molar-refractivity contribution is 5.84. The molecule has 0 bridgehead atoms. The number of rotatable bonds is 9. The fraction of sp³-hybridized carbons (Fsp3) is 0.857. The zero-order valence-electron chi connectivity index (χ0n) is 13.3. The summed E-state index contributed by atoms with van der Waals surface area (Å²) in [6.45, 7) is 1.85. The van der Waals surface area contributed by atoms with Gasteiger partial charge in [0.1, 0.15) is 0 Å². The van der Waals surface area contributed by atoms with E-state index in [-0.39, 0.29) is 25.3 Å². The summed E-state index contributed by atoms with van der Waals surface area (Å²) in [6, 6.07) is 0. The van der Waals surface area contributed by atoms with Crippen LogP contribution < -0.4 is 11.0 Å². The molecule has 2 saturated heterocycles. The van der Waals surface area contributed by atoms with Crippen molar-refractivity contribution in [1.82, 2.24) is 11.0 Å². The molecule has 0 spiro atoms.